The van der Waals surface area contributed by atoms with E-state index in [9.17, 15) is 0 Å². The third-order valence-electron chi connectivity index (χ3n) is 4.11. The highest BCUT2D eigenvalue weighted by molar-refractivity contribution is 9.10. The first-order valence-electron chi connectivity index (χ1n) is 7.04. The van der Waals surface area contributed by atoms with Crippen LogP contribution in [0, 0.1) is 0 Å². The van der Waals surface area contributed by atoms with E-state index in [4.69, 9.17) is 23.2 Å². The number of halogens is 3. The molecule has 0 N–H and O–H groups in total. The molecule has 0 amide bonds. The first kappa shape index (κ1) is 16.9. The maximum atomic E-state index is 6.58. The van der Waals surface area contributed by atoms with Crippen molar-refractivity contribution < 1.29 is 0 Å². The Bertz CT molecular complexity index is 618. The first-order chi connectivity index (χ1) is 9.85. The van der Waals surface area contributed by atoms with Gasteiger partial charge in [0.1, 0.15) is 0 Å². The summed E-state index contributed by atoms with van der Waals surface area (Å²) in [5.74, 6) is 0. The largest absolute Gasteiger partial charge is 0.113 e. The highest BCUT2D eigenvalue weighted by Crippen LogP contribution is 2.34. The molecule has 0 fully saturated rings. The Morgan fingerprint density at radius 1 is 1.05 bits per heavy atom. The summed E-state index contributed by atoms with van der Waals surface area (Å²) in [4.78, 5) is 0. The van der Waals surface area contributed by atoms with E-state index < -0.39 is 0 Å². The number of rotatable bonds is 4. The molecule has 0 radical (unpaired) electrons. The molecule has 2 aromatic rings. The maximum Gasteiger partial charge on any atom is 0.0835 e. The van der Waals surface area contributed by atoms with Crippen molar-refractivity contribution in [1.82, 2.24) is 0 Å². The molecule has 0 aliphatic carbocycles. The molecule has 0 aromatic heterocycles. The summed E-state index contributed by atoms with van der Waals surface area (Å²) < 4.78 is 0.886. The van der Waals surface area contributed by atoms with Crippen LogP contribution in [0.15, 0.2) is 46.9 Å². The second-order valence-electron chi connectivity index (χ2n) is 5.90. The normalized spacial score (nSPS) is 13.2. The average molecular weight is 386 g/mol. The fraction of sp³-hybridized carbons (Fsp3) is 0.333. The maximum absolute atomic E-state index is 6.58. The van der Waals surface area contributed by atoms with E-state index in [1.807, 2.05) is 18.2 Å². The van der Waals surface area contributed by atoms with Crippen molar-refractivity contribution in [3.05, 3.63) is 68.7 Å². The molecule has 0 bridgehead atoms. The number of benzene rings is 2. The second-order valence-corrected chi connectivity index (χ2v) is 7.59. The molecule has 1 atom stereocenters. The van der Waals surface area contributed by atoms with Gasteiger partial charge >= 0.3 is 0 Å². The van der Waals surface area contributed by atoms with Crippen LogP contribution in [0.25, 0.3) is 0 Å². The molecule has 0 aliphatic heterocycles. The Morgan fingerprint density at radius 3 is 2.14 bits per heavy atom. The minimum absolute atomic E-state index is 0.186. The minimum atomic E-state index is -0.186. The second kappa shape index (κ2) is 6.73. The zero-order valence-electron chi connectivity index (χ0n) is 12.5. The summed E-state index contributed by atoms with van der Waals surface area (Å²) >= 11 is 16.1. The van der Waals surface area contributed by atoms with Crippen molar-refractivity contribution in [3.8, 4) is 0 Å². The van der Waals surface area contributed by atoms with Gasteiger partial charge in [-0.1, -0.05) is 62.7 Å². The van der Waals surface area contributed by atoms with E-state index in [1.165, 1.54) is 5.56 Å². The fourth-order valence-electron chi connectivity index (χ4n) is 2.17. The minimum Gasteiger partial charge on any atom is -0.113 e. The molecular formula is C18H19BrCl2. The van der Waals surface area contributed by atoms with Crippen LogP contribution in [0.4, 0.5) is 0 Å². The van der Waals surface area contributed by atoms with E-state index in [-0.39, 0.29) is 10.8 Å². The Kier molecular flexibility index (Phi) is 5.40. The van der Waals surface area contributed by atoms with Gasteiger partial charge in [-0.3, -0.25) is 0 Å². The van der Waals surface area contributed by atoms with Gasteiger partial charge in [-0.05, 0) is 56.6 Å². The molecule has 0 saturated carbocycles. The smallest absolute Gasteiger partial charge is 0.0835 e. The zero-order chi connectivity index (χ0) is 15.6. The van der Waals surface area contributed by atoms with E-state index >= 15 is 0 Å². The molecule has 1 unspecified atom stereocenters. The van der Waals surface area contributed by atoms with Gasteiger partial charge < -0.3 is 0 Å². The van der Waals surface area contributed by atoms with Gasteiger partial charge in [-0.15, -0.1) is 11.6 Å². The van der Waals surface area contributed by atoms with Crippen LogP contribution < -0.4 is 0 Å². The molecule has 0 heterocycles. The van der Waals surface area contributed by atoms with Crippen LogP contribution >= 0.6 is 39.1 Å². The molecule has 0 nitrogen and oxygen atoms in total. The van der Waals surface area contributed by atoms with E-state index in [2.05, 4.69) is 61.0 Å². The van der Waals surface area contributed by atoms with Gasteiger partial charge in [0.2, 0.25) is 0 Å². The summed E-state index contributed by atoms with van der Waals surface area (Å²) in [5, 5.41) is 0.497. The Morgan fingerprint density at radius 2 is 1.62 bits per heavy atom. The van der Waals surface area contributed by atoms with Crippen LogP contribution in [0.3, 0.4) is 0 Å². The lowest BCUT2D eigenvalue weighted by molar-refractivity contribution is 0.506. The van der Waals surface area contributed by atoms with Gasteiger partial charge in [0.15, 0.2) is 0 Å². The van der Waals surface area contributed by atoms with Crippen molar-refractivity contribution in [2.75, 3.05) is 0 Å². The van der Waals surface area contributed by atoms with Crippen molar-refractivity contribution >= 4 is 39.1 Å². The zero-order valence-corrected chi connectivity index (χ0v) is 15.6. The third kappa shape index (κ3) is 3.83. The van der Waals surface area contributed by atoms with Crippen LogP contribution in [0.5, 0.6) is 0 Å². The van der Waals surface area contributed by atoms with Crippen LogP contribution in [0.1, 0.15) is 49.3 Å². The predicted octanol–water partition coefficient (Wildman–Crippen LogP) is 7.12. The quantitative estimate of drug-likeness (QED) is 0.491. The van der Waals surface area contributed by atoms with E-state index in [1.54, 1.807) is 0 Å². The Balaban J connectivity index is 2.27. The van der Waals surface area contributed by atoms with Crippen LogP contribution in [-0.4, -0.2) is 0 Å². The topological polar surface area (TPSA) is 0 Å². The molecular weight excluding hydrogens is 367 g/mol. The highest BCUT2D eigenvalue weighted by Gasteiger charge is 2.19. The summed E-state index contributed by atoms with van der Waals surface area (Å²) in [7, 11) is 0. The lowest BCUT2D eigenvalue weighted by atomic mass is 9.82. The number of alkyl halides is 1. The van der Waals surface area contributed by atoms with Gasteiger partial charge in [-0.25, -0.2) is 0 Å². The molecule has 0 saturated heterocycles. The highest BCUT2D eigenvalue weighted by atomic mass is 79.9. The van der Waals surface area contributed by atoms with Gasteiger partial charge in [0.25, 0.3) is 0 Å². The van der Waals surface area contributed by atoms with Crippen molar-refractivity contribution in [3.63, 3.8) is 0 Å². The van der Waals surface area contributed by atoms with Crippen molar-refractivity contribution in [2.45, 2.75) is 38.0 Å². The molecule has 0 spiro atoms. The van der Waals surface area contributed by atoms with Gasteiger partial charge in [0, 0.05) is 4.47 Å². The van der Waals surface area contributed by atoms with E-state index in [0.29, 0.717) is 5.02 Å². The fourth-order valence-corrected chi connectivity index (χ4v) is 2.89. The molecule has 2 aromatic carbocycles. The lowest BCUT2D eigenvalue weighted by Gasteiger charge is -2.24. The molecule has 2 rings (SSSR count). The summed E-state index contributed by atoms with van der Waals surface area (Å²) in [5.41, 5.74) is 3.63. The molecule has 21 heavy (non-hydrogen) atoms. The van der Waals surface area contributed by atoms with Gasteiger partial charge in [-0.2, -0.15) is 0 Å². The van der Waals surface area contributed by atoms with Crippen LogP contribution in [-0.2, 0) is 5.41 Å². The van der Waals surface area contributed by atoms with E-state index in [0.717, 1.165) is 22.0 Å². The van der Waals surface area contributed by atoms with Crippen molar-refractivity contribution in [1.29, 1.82) is 0 Å². The first-order valence-corrected chi connectivity index (χ1v) is 8.65. The SMILES string of the molecule is CCC(C)(C)c1ccc(C(Cl)c2ccc(Br)c(Cl)c2)cc1. The van der Waals surface area contributed by atoms with Crippen molar-refractivity contribution in [2.24, 2.45) is 0 Å². The predicted molar refractivity (Wildman–Crippen MR) is 96.6 cm³/mol. The Labute approximate surface area is 145 Å². The summed E-state index contributed by atoms with van der Waals surface area (Å²) in [6.45, 7) is 6.73. The molecule has 3 heteroatoms. The molecule has 0 aliphatic rings. The van der Waals surface area contributed by atoms with Crippen LogP contribution in [0.2, 0.25) is 5.02 Å². The summed E-state index contributed by atoms with van der Waals surface area (Å²) in [6, 6.07) is 14.4. The molecule has 112 valence electrons. The monoisotopic (exact) mass is 384 g/mol. The number of hydrogen-bond donors (Lipinski definition) is 0. The average Bonchev–Trinajstić information content (AvgIpc) is 2.49. The summed E-state index contributed by atoms with van der Waals surface area (Å²) in [6.07, 6.45) is 1.11. The Hall–Kier alpha value is -0.500. The lowest BCUT2D eigenvalue weighted by Crippen LogP contribution is -2.15. The third-order valence-corrected chi connectivity index (χ3v) is 5.84. The number of hydrogen-bond acceptors (Lipinski definition) is 0. The standard InChI is InChI=1S/C18H19BrCl2/c1-4-18(2,3)14-8-5-12(6-9-14)17(21)13-7-10-15(19)16(20)11-13/h5-11,17H,4H2,1-3H3. The van der Waals surface area contributed by atoms with Gasteiger partial charge in [0.05, 0.1) is 10.4 Å².